The SMILES string of the molecule is CCCCCCCCCCCCCCCCCCCCCC(=O)OC[C@H](COP(=O)(O)OC[C@@H](O)COP(=O)(O)OC[C@@H](COC(=O)CCCCCCCCCCC(C)CC)OC(=O)CCCCCCCCCCCCCCCC)OC(=O)CCCCCCCCCCCCCCCCCCCCC(C)CC. The fourth-order valence-corrected chi connectivity index (χ4v) is 15.3. The summed E-state index contributed by atoms with van der Waals surface area (Å²) >= 11 is 0. The average Bonchev–Trinajstić information content (AvgIpc) is 0.907. The van der Waals surface area contributed by atoms with Crippen LogP contribution in [-0.2, 0) is 65.4 Å². The second-order valence-corrected chi connectivity index (χ2v) is 35.0. The quantitative estimate of drug-likeness (QED) is 0.0222. The number of phosphoric ester groups is 2. The maximum Gasteiger partial charge on any atom is 0.472 e. The summed E-state index contributed by atoms with van der Waals surface area (Å²) in [4.78, 5) is 73.3. The van der Waals surface area contributed by atoms with E-state index in [0.717, 1.165) is 102 Å². The van der Waals surface area contributed by atoms with Crippen molar-refractivity contribution in [1.29, 1.82) is 0 Å². The predicted molar refractivity (Wildman–Crippen MR) is 442 cm³/mol. The number of aliphatic hydroxyl groups excluding tert-OH is 1. The van der Waals surface area contributed by atoms with Crippen LogP contribution in [0.2, 0.25) is 0 Å². The molecule has 0 rings (SSSR count). The summed E-state index contributed by atoms with van der Waals surface area (Å²) < 4.78 is 69.0. The first-order chi connectivity index (χ1) is 51.9. The molecule has 0 bridgehead atoms. The van der Waals surface area contributed by atoms with Crippen LogP contribution in [-0.4, -0.2) is 96.7 Å². The Morgan fingerprint density at radius 2 is 0.449 bits per heavy atom. The van der Waals surface area contributed by atoms with Crippen molar-refractivity contribution in [3.05, 3.63) is 0 Å². The van der Waals surface area contributed by atoms with E-state index in [4.69, 9.17) is 37.0 Å². The summed E-state index contributed by atoms with van der Waals surface area (Å²) in [7, 11) is -9.93. The van der Waals surface area contributed by atoms with Crippen LogP contribution >= 0.6 is 15.6 Å². The van der Waals surface area contributed by atoms with Gasteiger partial charge in [0.25, 0.3) is 0 Å². The lowest BCUT2D eigenvalue weighted by Gasteiger charge is -2.21. The Morgan fingerprint density at radius 3 is 0.664 bits per heavy atom. The Hall–Kier alpha value is -1.94. The number of carbonyl (C=O) groups excluding carboxylic acids is 4. The van der Waals surface area contributed by atoms with Crippen LogP contribution in [0.1, 0.15) is 472 Å². The molecule has 0 aliphatic carbocycles. The Labute approximate surface area is 658 Å². The normalized spacial score (nSPS) is 14.3. The van der Waals surface area contributed by atoms with Gasteiger partial charge in [0.2, 0.25) is 0 Å². The summed E-state index contributed by atoms with van der Waals surface area (Å²) in [6.07, 6.45) is 72.1. The van der Waals surface area contributed by atoms with Crippen molar-refractivity contribution in [2.24, 2.45) is 11.8 Å². The van der Waals surface area contributed by atoms with E-state index in [-0.39, 0.29) is 25.7 Å². The Kier molecular flexibility index (Phi) is 77.9. The molecule has 7 atom stereocenters. The molecule has 0 amide bonds. The zero-order chi connectivity index (χ0) is 78.5. The Balaban J connectivity index is 5.24. The molecule has 0 aromatic heterocycles. The van der Waals surface area contributed by atoms with Gasteiger partial charge < -0.3 is 33.8 Å². The van der Waals surface area contributed by atoms with E-state index in [9.17, 15) is 43.2 Å². The predicted octanol–water partition coefficient (Wildman–Crippen LogP) is 27.0. The van der Waals surface area contributed by atoms with Crippen LogP contribution < -0.4 is 0 Å². The fourth-order valence-electron chi connectivity index (χ4n) is 13.7. The number of hydrogen-bond acceptors (Lipinski definition) is 15. The van der Waals surface area contributed by atoms with Crippen LogP contribution in [0.25, 0.3) is 0 Å². The summed E-state index contributed by atoms with van der Waals surface area (Å²) in [5, 5.41) is 10.7. The summed E-state index contributed by atoms with van der Waals surface area (Å²) in [5.74, 6) is -0.450. The number of phosphoric acid groups is 2. The van der Waals surface area contributed by atoms with Crippen LogP contribution in [0.5, 0.6) is 0 Å². The molecular formula is C88H172O17P2. The molecule has 17 nitrogen and oxygen atoms in total. The van der Waals surface area contributed by atoms with Gasteiger partial charge in [0, 0.05) is 25.7 Å². The van der Waals surface area contributed by atoms with E-state index in [2.05, 4.69) is 41.5 Å². The molecule has 107 heavy (non-hydrogen) atoms. The van der Waals surface area contributed by atoms with Crippen molar-refractivity contribution in [2.75, 3.05) is 39.6 Å². The van der Waals surface area contributed by atoms with Gasteiger partial charge in [0.1, 0.15) is 19.3 Å². The first-order valence-electron chi connectivity index (χ1n) is 45.6. The van der Waals surface area contributed by atoms with E-state index in [1.807, 2.05) is 0 Å². The molecule has 0 heterocycles. The van der Waals surface area contributed by atoms with Gasteiger partial charge in [-0.15, -0.1) is 0 Å². The molecule has 0 aromatic carbocycles. The second-order valence-electron chi connectivity index (χ2n) is 32.1. The monoisotopic (exact) mass is 1560 g/mol. The summed E-state index contributed by atoms with van der Waals surface area (Å²) in [6, 6.07) is 0. The minimum atomic E-state index is -4.97. The molecule has 0 saturated heterocycles. The third kappa shape index (κ3) is 79.1. The highest BCUT2D eigenvalue weighted by atomic mass is 31.2. The van der Waals surface area contributed by atoms with E-state index in [1.54, 1.807) is 0 Å². The molecule has 3 N–H and O–H groups in total. The zero-order valence-corrected chi connectivity index (χ0v) is 72.2. The van der Waals surface area contributed by atoms with E-state index >= 15 is 0 Å². The molecular weight excluding hydrogens is 1390 g/mol. The maximum atomic E-state index is 13.2. The van der Waals surface area contributed by atoms with Gasteiger partial charge in [0.15, 0.2) is 12.2 Å². The lowest BCUT2D eigenvalue weighted by molar-refractivity contribution is -0.161. The van der Waals surface area contributed by atoms with Gasteiger partial charge in [-0.2, -0.15) is 0 Å². The molecule has 0 radical (unpaired) electrons. The van der Waals surface area contributed by atoms with Gasteiger partial charge in [-0.3, -0.25) is 37.3 Å². The lowest BCUT2D eigenvalue weighted by atomic mass is 9.99. The van der Waals surface area contributed by atoms with Crippen LogP contribution in [0.15, 0.2) is 0 Å². The number of hydrogen-bond donors (Lipinski definition) is 3. The molecule has 0 aliphatic heterocycles. The molecule has 4 unspecified atom stereocenters. The van der Waals surface area contributed by atoms with E-state index < -0.39 is 97.5 Å². The standard InChI is InChI=1S/C88H172O17P2/c1-7-11-13-15-17-19-21-23-25-26-27-31-34-38-41-45-52-58-64-70-85(90)98-76-83(104-88(93)73-67-61-55-47-43-39-35-32-29-28-30-33-36-40-44-50-56-62-68-80(5)9-3)78-102-106(94,95)100-74-82(89)75-101-107(96,97)103-79-84(77-99-86(91)71-65-59-53-49-48-51-57-63-69-81(6)10-4)105-87(92)72-66-60-54-46-42-37-24-22-20-18-16-14-12-8-2/h80-84,89H,7-79H2,1-6H3,(H,94,95)(H,96,97)/t80?,81?,82-,83-,84-/m1/s1. The third-order valence-electron chi connectivity index (χ3n) is 21.4. The maximum absolute atomic E-state index is 13.2. The zero-order valence-electron chi connectivity index (χ0n) is 70.5. The van der Waals surface area contributed by atoms with Crippen molar-refractivity contribution in [3.63, 3.8) is 0 Å². The highest BCUT2D eigenvalue weighted by Gasteiger charge is 2.31. The van der Waals surface area contributed by atoms with Crippen molar-refractivity contribution < 1.29 is 80.2 Å². The first kappa shape index (κ1) is 105. The van der Waals surface area contributed by atoms with Gasteiger partial charge >= 0.3 is 39.5 Å². The van der Waals surface area contributed by atoms with Crippen LogP contribution in [0.3, 0.4) is 0 Å². The second kappa shape index (κ2) is 79.3. The number of esters is 4. The van der Waals surface area contributed by atoms with Crippen molar-refractivity contribution in [2.45, 2.75) is 490 Å². The van der Waals surface area contributed by atoms with Crippen LogP contribution in [0, 0.1) is 11.8 Å². The van der Waals surface area contributed by atoms with Gasteiger partial charge in [0.05, 0.1) is 26.4 Å². The molecule has 0 aliphatic rings. The Bertz CT molecular complexity index is 2050. The van der Waals surface area contributed by atoms with Gasteiger partial charge in [-0.05, 0) is 37.5 Å². The van der Waals surface area contributed by atoms with Gasteiger partial charge in [-0.25, -0.2) is 9.13 Å². The summed E-state index contributed by atoms with van der Waals surface area (Å²) in [5.41, 5.74) is 0. The molecule has 0 aromatic rings. The minimum Gasteiger partial charge on any atom is -0.462 e. The van der Waals surface area contributed by atoms with Gasteiger partial charge in [-0.1, -0.05) is 420 Å². The number of aliphatic hydroxyl groups is 1. The smallest absolute Gasteiger partial charge is 0.462 e. The summed E-state index contributed by atoms with van der Waals surface area (Å²) in [6.45, 7) is 9.75. The Morgan fingerprint density at radius 1 is 0.262 bits per heavy atom. The van der Waals surface area contributed by atoms with E-state index in [0.29, 0.717) is 25.7 Å². The fraction of sp³-hybridized carbons (Fsp3) is 0.955. The highest BCUT2D eigenvalue weighted by Crippen LogP contribution is 2.45. The molecule has 0 saturated carbocycles. The average molecular weight is 1560 g/mol. The molecule has 0 spiro atoms. The van der Waals surface area contributed by atoms with Crippen molar-refractivity contribution >= 4 is 39.5 Å². The topological polar surface area (TPSA) is 237 Å². The number of ether oxygens (including phenoxy) is 4. The third-order valence-corrected chi connectivity index (χ3v) is 23.3. The largest absolute Gasteiger partial charge is 0.472 e. The highest BCUT2D eigenvalue weighted by molar-refractivity contribution is 7.47. The molecule has 636 valence electrons. The lowest BCUT2D eigenvalue weighted by Crippen LogP contribution is -2.30. The van der Waals surface area contributed by atoms with E-state index in [1.165, 1.54) is 289 Å². The van der Waals surface area contributed by atoms with Crippen LogP contribution in [0.4, 0.5) is 0 Å². The minimum absolute atomic E-state index is 0.108. The number of unbranched alkanes of at least 4 members (excludes halogenated alkanes) is 55. The van der Waals surface area contributed by atoms with Crippen molar-refractivity contribution in [3.8, 4) is 0 Å². The first-order valence-corrected chi connectivity index (χ1v) is 48.6. The number of carbonyl (C=O) groups is 4. The number of rotatable bonds is 87. The molecule has 19 heteroatoms. The molecule has 0 fully saturated rings. The van der Waals surface area contributed by atoms with Crippen molar-refractivity contribution in [1.82, 2.24) is 0 Å².